The molecular weight excluding hydrogens is 589 g/mol. The van der Waals surface area contributed by atoms with Crippen molar-refractivity contribution < 1.29 is 27.5 Å². The Balaban J connectivity index is 2.07. The molecule has 0 saturated carbocycles. The van der Waals surface area contributed by atoms with Crippen molar-refractivity contribution in [1.29, 1.82) is 0 Å². The van der Waals surface area contributed by atoms with Gasteiger partial charge in [0, 0.05) is 28.7 Å². The van der Waals surface area contributed by atoms with Crippen molar-refractivity contribution in [3.63, 3.8) is 0 Å². The lowest BCUT2D eigenvalue weighted by molar-refractivity contribution is -0.139. The molecule has 41 heavy (non-hydrogen) atoms. The SMILES string of the molecule is COc1ccc(S(=O)(=O)N(CC(=O)N(Cc2cccc(Cl)c2)[C@@H](C)C(=O)NC(C)C)c2ccc(Cl)cc2)cc1OC. The summed E-state index contributed by atoms with van der Waals surface area (Å²) in [6, 6.07) is 16.0. The summed E-state index contributed by atoms with van der Waals surface area (Å²) < 4.78 is 39.6. The van der Waals surface area contributed by atoms with Crippen molar-refractivity contribution in [2.75, 3.05) is 25.1 Å². The largest absolute Gasteiger partial charge is 0.493 e. The number of carbonyl (C=O) groups excluding carboxylic acids is 2. The van der Waals surface area contributed by atoms with E-state index in [1.54, 1.807) is 31.2 Å². The van der Waals surface area contributed by atoms with Crippen molar-refractivity contribution in [3.05, 3.63) is 82.3 Å². The molecule has 0 radical (unpaired) electrons. The molecule has 0 saturated heterocycles. The van der Waals surface area contributed by atoms with Crippen LogP contribution in [0.25, 0.3) is 0 Å². The van der Waals surface area contributed by atoms with E-state index >= 15 is 0 Å². The van der Waals surface area contributed by atoms with Gasteiger partial charge in [-0.05, 0) is 74.9 Å². The summed E-state index contributed by atoms with van der Waals surface area (Å²) in [5, 5.41) is 3.67. The maximum Gasteiger partial charge on any atom is 0.264 e. The van der Waals surface area contributed by atoms with Gasteiger partial charge in [0.25, 0.3) is 10.0 Å². The Labute approximate surface area is 251 Å². The number of sulfonamides is 1. The molecular formula is C29H33Cl2N3O6S. The molecule has 0 bridgehead atoms. The van der Waals surface area contributed by atoms with Crippen LogP contribution in [-0.4, -0.2) is 58.0 Å². The molecule has 12 heteroatoms. The van der Waals surface area contributed by atoms with Gasteiger partial charge in [-0.1, -0.05) is 35.3 Å². The first-order chi connectivity index (χ1) is 19.4. The number of amides is 2. The van der Waals surface area contributed by atoms with E-state index in [9.17, 15) is 18.0 Å². The monoisotopic (exact) mass is 621 g/mol. The Kier molecular flexibility index (Phi) is 10.9. The second-order valence-electron chi connectivity index (χ2n) is 9.50. The van der Waals surface area contributed by atoms with Crippen LogP contribution in [0.2, 0.25) is 10.0 Å². The van der Waals surface area contributed by atoms with E-state index in [2.05, 4.69) is 5.32 Å². The molecule has 3 aromatic carbocycles. The Morgan fingerprint density at radius 2 is 1.54 bits per heavy atom. The Bertz CT molecular complexity index is 1480. The molecule has 0 spiro atoms. The van der Waals surface area contributed by atoms with Gasteiger partial charge in [-0.3, -0.25) is 13.9 Å². The fraction of sp³-hybridized carbons (Fsp3) is 0.310. The van der Waals surface area contributed by atoms with E-state index in [-0.39, 0.29) is 34.8 Å². The summed E-state index contributed by atoms with van der Waals surface area (Å²) >= 11 is 12.2. The predicted octanol–water partition coefficient (Wildman–Crippen LogP) is 5.15. The first-order valence-corrected chi connectivity index (χ1v) is 14.9. The third-order valence-electron chi connectivity index (χ3n) is 6.18. The van der Waals surface area contributed by atoms with E-state index in [0.717, 1.165) is 4.31 Å². The summed E-state index contributed by atoms with van der Waals surface area (Å²) in [6.45, 7) is 4.64. The highest BCUT2D eigenvalue weighted by atomic mass is 35.5. The molecule has 0 unspecified atom stereocenters. The molecule has 0 aromatic heterocycles. The van der Waals surface area contributed by atoms with E-state index in [1.165, 1.54) is 61.6 Å². The lowest BCUT2D eigenvalue weighted by atomic mass is 10.1. The number of methoxy groups -OCH3 is 2. The highest BCUT2D eigenvalue weighted by molar-refractivity contribution is 7.92. The number of carbonyl (C=O) groups is 2. The molecule has 1 N–H and O–H groups in total. The first-order valence-electron chi connectivity index (χ1n) is 12.7. The highest BCUT2D eigenvalue weighted by Crippen LogP contribution is 2.32. The maximum absolute atomic E-state index is 14.0. The van der Waals surface area contributed by atoms with Gasteiger partial charge in [0.15, 0.2) is 11.5 Å². The molecule has 3 rings (SSSR count). The number of benzene rings is 3. The average Bonchev–Trinajstić information content (AvgIpc) is 2.93. The molecule has 0 fully saturated rings. The van der Waals surface area contributed by atoms with Crippen LogP contribution in [0, 0.1) is 0 Å². The van der Waals surface area contributed by atoms with Gasteiger partial charge in [-0.2, -0.15) is 0 Å². The number of hydrogen-bond donors (Lipinski definition) is 1. The van der Waals surface area contributed by atoms with Crippen LogP contribution < -0.4 is 19.1 Å². The maximum atomic E-state index is 14.0. The second-order valence-corrected chi connectivity index (χ2v) is 12.2. The summed E-state index contributed by atoms with van der Waals surface area (Å²) in [5.41, 5.74) is 0.885. The van der Waals surface area contributed by atoms with Gasteiger partial charge in [0.05, 0.1) is 24.8 Å². The molecule has 220 valence electrons. The van der Waals surface area contributed by atoms with Crippen molar-refractivity contribution in [2.45, 2.75) is 44.3 Å². The van der Waals surface area contributed by atoms with Crippen LogP contribution in [0.4, 0.5) is 5.69 Å². The predicted molar refractivity (Wildman–Crippen MR) is 160 cm³/mol. The number of nitrogens with one attached hydrogen (secondary N) is 1. The molecule has 3 aromatic rings. The van der Waals surface area contributed by atoms with Gasteiger partial charge in [-0.25, -0.2) is 8.42 Å². The van der Waals surface area contributed by atoms with Crippen LogP contribution in [0.15, 0.2) is 71.6 Å². The molecule has 0 aliphatic heterocycles. The van der Waals surface area contributed by atoms with Gasteiger partial charge in [-0.15, -0.1) is 0 Å². The molecule has 9 nitrogen and oxygen atoms in total. The summed E-state index contributed by atoms with van der Waals surface area (Å²) in [7, 11) is -1.48. The molecule has 0 aliphatic rings. The Morgan fingerprint density at radius 1 is 0.878 bits per heavy atom. The fourth-order valence-electron chi connectivity index (χ4n) is 4.06. The topological polar surface area (TPSA) is 105 Å². The van der Waals surface area contributed by atoms with Crippen molar-refractivity contribution in [1.82, 2.24) is 10.2 Å². The average molecular weight is 623 g/mol. The lowest BCUT2D eigenvalue weighted by Crippen LogP contribution is -2.52. The number of rotatable bonds is 12. The number of halogens is 2. The Morgan fingerprint density at radius 3 is 2.12 bits per heavy atom. The van der Waals surface area contributed by atoms with Crippen molar-refractivity contribution in [2.24, 2.45) is 0 Å². The second kappa shape index (κ2) is 13.9. The van der Waals surface area contributed by atoms with Crippen LogP contribution in [0.1, 0.15) is 26.3 Å². The normalized spacial score (nSPS) is 12.0. The third kappa shape index (κ3) is 8.06. The summed E-state index contributed by atoms with van der Waals surface area (Å²) in [6.07, 6.45) is 0. The quantitative estimate of drug-likeness (QED) is 0.300. The molecule has 1 atom stereocenters. The summed E-state index contributed by atoms with van der Waals surface area (Å²) in [4.78, 5) is 28.2. The van der Waals surface area contributed by atoms with Crippen LogP contribution in [0.5, 0.6) is 11.5 Å². The molecule has 2 amide bonds. The number of hydrogen-bond acceptors (Lipinski definition) is 6. The van der Waals surface area contributed by atoms with Crippen molar-refractivity contribution in [3.8, 4) is 11.5 Å². The minimum atomic E-state index is -4.31. The highest BCUT2D eigenvalue weighted by Gasteiger charge is 2.33. The van der Waals surface area contributed by atoms with E-state index in [1.807, 2.05) is 13.8 Å². The van der Waals surface area contributed by atoms with E-state index in [4.69, 9.17) is 32.7 Å². The van der Waals surface area contributed by atoms with E-state index in [0.29, 0.717) is 21.4 Å². The van der Waals surface area contributed by atoms with Crippen LogP contribution >= 0.6 is 23.2 Å². The number of ether oxygens (including phenoxy) is 2. The minimum absolute atomic E-state index is 0.0247. The third-order valence-corrected chi connectivity index (χ3v) is 8.43. The zero-order valence-electron chi connectivity index (χ0n) is 23.4. The van der Waals surface area contributed by atoms with Crippen LogP contribution in [-0.2, 0) is 26.2 Å². The van der Waals surface area contributed by atoms with Gasteiger partial charge in [0.2, 0.25) is 11.8 Å². The van der Waals surface area contributed by atoms with E-state index < -0.39 is 28.5 Å². The molecule has 0 aliphatic carbocycles. The molecule has 0 heterocycles. The number of anilines is 1. The zero-order chi connectivity index (χ0) is 30.3. The smallest absolute Gasteiger partial charge is 0.264 e. The number of nitrogens with zero attached hydrogens (tertiary/aromatic N) is 2. The summed E-state index contributed by atoms with van der Waals surface area (Å²) in [5.74, 6) is -0.428. The van der Waals surface area contributed by atoms with Crippen LogP contribution in [0.3, 0.4) is 0 Å². The minimum Gasteiger partial charge on any atom is -0.493 e. The standard InChI is InChI=1S/C29H33Cl2N3O6S/c1-19(2)32-29(36)20(3)33(17-21-7-6-8-23(31)15-21)28(35)18-34(24-11-9-22(30)10-12-24)41(37,38)25-13-14-26(39-4)27(16-25)40-5/h6-16,19-20H,17-18H2,1-5H3,(H,32,36)/t20-/m0/s1. The van der Waals surface area contributed by atoms with Gasteiger partial charge < -0.3 is 19.7 Å². The fourth-order valence-corrected chi connectivity index (χ4v) is 5.83. The first kappa shape index (κ1) is 32.0. The Hall–Kier alpha value is -3.47. The van der Waals surface area contributed by atoms with Gasteiger partial charge in [0.1, 0.15) is 12.6 Å². The lowest BCUT2D eigenvalue weighted by Gasteiger charge is -2.32. The zero-order valence-corrected chi connectivity index (χ0v) is 25.8. The van der Waals surface area contributed by atoms with Crippen molar-refractivity contribution >= 4 is 50.7 Å². The van der Waals surface area contributed by atoms with Gasteiger partial charge >= 0.3 is 0 Å².